The van der Waals surface area contributed by atoms with Gasteiger partial charge in [0, 0.05) is 38.3 Å². The molecule has 2 aromatic carbocycles. The minimum atomic E-state index is -1.26. The zero-order chi connectivity index (χ0) is 27.8. The zero-order valence-electron chi connectivity index (χ0n) is 21.8. The molecule has 1 fully saturated rings. The van der Waals surface area contributed by atoms with Crippen LogP contribution in [0.5, 0.6) is 5.75 Å². The second kappa shape index (κ2) is 17.2. The summed E-state index contributed by atoms with van der Waals surface area (Å²) in [6.45, 7) is 4.04. The Kier molecular flexibility index (Phi) is 14.0. The summed E-state index contributed by atoms with van der Waals surface area (Å²) in [6.07, 6.45) is 7.67. The van der Waals surface area contributed by atoms with Crippen LogP contribution < -0.4 is 4.74 Å². The first-order valence-electron chi connectivity index (χ1n) is 12.4. The average Bonchev–Trinajstić information content (AvgIpc) is 2.92. The van der Waals surface area contributed by atoms with Gasteiger partial charge in [-0.3, -0.25) is 0 Å². The van der Waals surface area contributed by atoms with Gasteiger partial charge in [0.25, 0.3) is 0 Å². The van der Waals surface area contributed by atoms with Crippen molar-refractivity contribution in [1.29, 1.82) is 0 Å². The van der Waals surface area contributed by atoms with Gasteiger partial charge in [-0.25, -0.2) is 19.0 Å². The van der Waals surface area contributed by atoms with Gasteiger partial charge in [-0.2, -0.15) is 0 Å². The molecule has 0 atom stereocenters. The summed E-state index contributed by atoms with van der Waals surface area (Å²) in [5.74, 6) is -2.01. The lowest BCUT2D eigenvalue weighted by atomic mass is 10.0. The summed E-state index contributed by atoms with van der Waals surface area (Å²) in [6, 6.07) is 16.9. The summed E-state index contributed by atoms with van der Waals surface area (Å²) in [5, 5.41) is 16.7. The highest BCUT2D eigenvalue weighted by molar-refractivity contribution is 8.13. The minimum Gasteiger partial charge on any atom is -0.494 e. The summed E-state index contributed by atoms with van der Waals surface area (Å²) in [7, 11) is 2.17. The summed E-state index contributed by atoms with van der Waals surface area (Å²) >= 11 is 1.71. The van der Waals surface area contributed by atoms with E-state index in [2.05, 4.69) is 23.1 Å². The van der Waals surface area contributed by atoms with E-state index in [4.69, 9.17) is 19.9 Å². The van der Waals surface area contributed by atoms with Crippen LogP contribution in [0.15, 0.2) is 71.7 Å². The number of para-hydroxylation sites is 1. The van der Waals surface area contributed by atoms with Crippen molar-refractivity contribution in [2.24, 2.45) is 4.99 Å². The van der Waals surface area contributed by atoms with Crippen molar-refractivity contribution < 1.29 is 28.9 Å². The van der Waals surface area contributed by atoms with Gasteiger partial charge in [0.05, 0.1) is 12.3 Å². The first kappa shape index (κ1) is 30.9. The lowest BCUT2D eigenvalue weighted by Crippen LogP contribution is -2.45. The van der Waals surface area contributed by atoms with Gasteiger partial charge in [-0.15, -0.1) is 0 Å². The van der Waals surface area contributed by atoms with Crippen molar-refractivity contribution >= 4 is 34.6 Å². The van der Waals surface area contributed by atoms with Gasteiger partial charge in [-0.1, -0.05) is 30.0 Å². The number of likely N-dealkylation sites (tertiary alicyclic amines) is 1. The van der Waals surface area contributed by atoms with Crippen molar-refractivity contribution in [2.45, 2.75) is 31.7 Å². The Bertz CT molecular complexity index is 1030. The minimum absolute atomic E-state index is 0.229. The van der Waals surface area contributed by atoms with Gasteiger partial charge in [0.15, 0.2) is 5.17 Å². The van der Waals surface area contributed by atoms with Crippen LogP contribution in [0, 0.1) is 5.82 Å². The van der Waals surface area contributed by atoms with E-state index < -0.39 is 11.9 Å². The molecule has 2 N–H and O–H groups in total. The number of unbranched alkanes of at least 4 members (excludes halogenated alkanes) is 1. The fourth-order valence-electron chi connectivity index (χ4n) is 3.87. The number of aliphatic carboxylic acids is 2. The number of aliphatic imine (C=N–C) groups is 1. The molecule has 0 radical (unpaired) electrons. The first-order valence-corrected chi connectivity index (χ1v) is 13.7. The molecule has 38 heavy (non-hydrogen) atoms. The SMILES string of the molecule is CSC(=Nc1ccccc1)N(C)C1CCN(CCCCOc2ccc(F)cc2)CC1.O=C(O)/C=C/C(=O)O. The largest absolute Gasteiger partial charge is 0.494 e. The van der Waals surface area contributed by atoms with Crippen LogP contribution in [0.1, 0.15) is 25.7 Å². The van der Waals surface area contributed by atoms with Crippen LogP contribution in [0.3, 0.4) is 0 Å². The van der Waals surface area contributed by atoms with Crippen molar-refractivity contribution in [1.82, 2.24) is 9.80 Å². The third kappa shape index (κ3) is 12.2. The first-order chi connectivity index (χ1) is 18.3. The molecular formula is C28H36FN3O5S. The number of halogens is 1. The lowest BCUT2D eigenvalue weighted by Gasteiger charge is -2.37. The van der Waals surface area contributed by atoms with Crippen molar-refractivity contribution in [2.75, 3.05) is 39.5 Å². The van der Waals surface area contributed by atoms with Gasteiger partial charge < -0.3 is 24.7 Å². The molecule has 2 aromatic rings. The number of benzene rings is 2. The molecule has 10 heteroatoms. The van der Waals surface area contributed by atoms with Gasteiger partial charge in [0.1, 0.15) is 11.6 Å². The number of carbonyl (C=O) groups is 2. The molecule has 1 heterocycles. The molecule has 0 spiro atoms. The molecule has 0 aliphatic carbocycles. The molecule has 0 saturated carbocycles. The van der Waals surface area contributed by atoms with Gasteiger partial charge in [-0.05, 0) is 74.9 Å². The molecule has 3 rings (SSSR count). The van der Waals surface area contributed by atoms with E-state index >= 15 is 0 Å². The van der Waals surface area contributed by atoms with E-state index in [1.165, 1.54) is 12.1 Å². The highest BCUT2D eigenvalue weighted by Gasteiger charge is 2.24. The lowest BCUT2D eigenvalue weighted by molar-refractivity contribution is -0.134. The Morgan fingerprint density at radius 1 is 1.05 bits per heavy atom. The molecule has 1 aliphatic heterocycles. The zero-order valence-corrected chi connectivity index (χ0v) is 22.6. The number of thioether (sulfide) groups is 1. The maximum absolute atomic E-state index is 12.9. The van der Waals surface area contributed by atoms with Crippen LogP contribution in [0.2, 0.25) is 0 Å². The van der Waals surface area contributed by atoms with Crippen LogP contribution >= 0.6 is 11.8 Å². The molecule has 8 nitrogen and oxygen atoms in total. The Labute approximate surface area is 227 Å². The molecule has 1 aliphatic rings. The summed E-state index contributed by atoms with van der Waals surface area (Å²) in [5.41, 5.74) is 1.01. The Balaban J connectivity index is 0.000000550. The van der Waals surface area contributed by atoms with Crippen molar-refractivity contribution in [3.05, 3.63) is 72.6 Å². The Morgan fingerprint density at radius 3 is 2.21 bits per heavy atom. The number of nitrogens with zero attached hydrogens (tertiary/aromatic N) is 3. The number of ether oxygens (including phenoxy) is 1. The highest BCUT2D eigenvalue weighted by atomic mass is 32.2. The fourth-order valence-corrected chi connectivity index (χ4v) is 4.50. The monoisotopic (exact) mass is 545 g/mol. The second-order valence-electron chi connectivity index (χ2n) is 8.64. The molecule has 0 amide bonds. The number of amidine groups is 1. The highest BCUT2D eigenvalue weighted by Crippen LogP contribution is 2.22. The van der Waals surface area contributed by atoms with Crippen LogP contribution in [0.4, 0.5) is 10.1 Å². The molecule has 1 saturated heterocycles. The predicted octanol–water partition coefficient (Wildman–Crippen LogP) is 5.14. The number of hydrogen-bond acceptors (Lipinski definition) is 6. The summed E-state index contributed by atoms with van der Waals surface area (Å²) in [4.78, 5) is 28.8. The van der Waals surface area contributed by atoms with Crippen LogP contribution in [0.25, 0.3) is 0 Å². The molecule has 0 bridgehead atoms. The molecule has 206 valence electrons. The van der Waals surface area contributed by atoms with Gasteiger partial charge in [0.2, 0.25) is 0 Å². The van der Waals surface area contributed by atoms with Gasteiger partial charge >= 0.3 is 11.9 Å². The number of carboxylic acids is 2. The van der Waals surface area contributed by atoms with E-state index in [9.17, 15) is 14.0 Å². The van der Waals surface area contributed by atoms with E-state index in [1.54, 1.807) is 23.9 Å². The van der Waals surface area contributed by atoms with Crippen molar-refractivity contribution in [3.63, 3.8) is 0 Å². The predicted molar refractivity (Wildman–Crippen MR) is 150 cm³/mol. The third-order valence-electron chi connectivity index (χ3n) is 5.89. The van der Waals surface area contributed by atoms with Crippen molar-refractivity contribution in [3.8, 4) is 5.75 Å². The number of carboxylic acid groups (broad SMARTS) is 2. The third-order valence-corrected chi connectivity index (χ3v) is 6.63. The number of piperidine rings is 1. The molecule has 0 aromatic heterocycles. The van der Waals surface area contributed by atoms with E-state index in [-0.39, 0.29) is 5.82 Å². The second-order valence-corrected chi connectivity index (χ2v) is 9.41. The van der Waals surface area contributed by atoms with E-state index in [0.29, 0.717) is 24.8 Å². The van der Waals surface area contributed by atoms with E-state index in [0.717, 1.165) is 61.9 Å². The molecular weight excluding hydrogens is 509 g/mol. The van der Waals surface area contributed by atoms with Crippen LogP contribution in [-0.2, 0) is 9.59 Å². The Morgan fingerprint density at radius 2 is 1.66 bits per heavy atom. The maximum atomic E-state index is 12.9. The quantitative estimate of drug-likeness (QED) is 0.183. The average molecular weight is 546 g/mol. The summed E-state index contributed by atoms with van der Waals surface area (Å²) < 4.78 is 18.6. The number of rotatable bonds is 10. The van der Waals surface area contributed by atoms with Crippen LogP contribution in [-0.4, -0.2) is 82.7 Å². The molecule has 0 unspecified atom stereocenters. The topological polar surface area (TPSA) is 103 Å². The number of hydrogen-bond donors (Lipinski definition) is 2. The standard InChI is InChI=1S/C24H32FN3OS.C4H4O4/c1-27(24(30-2)26-21-8-4-3-5-9-21)22-14-17-28(18-15-22)16-6-7-19-29-23-12-10-20(25)11-13-23;5-3(6)1-2-4(7)8/h3-5,8-13,22H,6-7,14-19H2,1-2H3;1-2H,(H,5,6)(H,7,8)/b;2-1+. The van der Waals surface area contributed by atoms with E-state index in [1.807, 2.05) is 30.3 Å². The smallest absolute Gasteiger partial charge is 0.328 e. The fraction of sp³-hybridized carbons (Fsp3) is 0.393. The normalized spacial score (nSPS) is 14.6. The maximum Gasteiger partial charge on any atom is 0.328 e. The Hall–Kier alpha value is -3.37.